The van der Waals surface area contributed by atoms with Crippen molar-refractivity contribution in [3.8, 4) is 0 Å². The molecule has 0 nitrogen and oxygen atoms in total. The van der Waals surface area contributed by atoms with E-state index in [-0.39, 0.29) is 5.41 Å². The molecule has 1 saturated carbocycles. The van der Waals surface area contributed by atoms with E-state index >= 15 is 0 Å². The molecule has 0 aromatic rings. The summed E-state index contributed by atoms with van der Waals surface area (Å²) in [5, 5.41) is 0. The second kappa shape index (κ2) is 3.39. The summed E-state index contributed by atoms with van der Waals surface area (Å²) < 4.78 is 36.5. The standard InChI is InChI=1S/C9H15BF3/c1-9(2)6-4-3-5-8(9)7-10(11,12)13/h7H,3-6H2,1-2H3/q-1/b8-7+. The molecule has 0 bridgehead atoms. The van der Waals surface area contributed by atoms with E-state index in [1.165, 1.54) is 0 Å². The van der Waals surface area contributed by atoms with Crippen LogP contribution < -0.4 is 0 Å². The van der Waals surface area contributed by atoms with E-state index in [2.05, 4.69) is 0 Å². The molecule has 76 valence electrons. The number of hydrogen-bond acceptors (Lipinski definition) is 0. The van der Waals surface area contributed by atoms with E-state index in [0.29, 0.717) is 18.0 Å². The first-order chi connectivity index (χ1) is 5.81. The van der Waals surface area contributed by atoms with Crippen molar-refractivity contribution >= 4 is 6.98 Å². The van der Waals surface area contributed by atoms with Gasteiger partial charge >= 0.3 is 6.98 Å². The van der Waals surface area contributed by atoms with Gasteiger partial charge in [0.1, 0.15) is 0 Å². The first-order valence-electron chi connectivity index (χ1n) is 4.73. The van der Waals surface area contributed by atoms with Crippen molar-refractivity contribution in [2.45, 2.75) is 39.5 Å². The zero-order valence-corrected chi connectivity index (χ0v) is 8.12. The second-order valence-corrected chi connectivity index (χ2v) is 4.41. The van der Waals surface area contributed by atoms with Gasteiger partial charge in [0, 0.05) is 0 Å². The van der Waals surface area contributed by atoms with E-state index < -0.39 is 6.98 Å². The molecule has 1 aliphatic rings. The number of hydrogen-bond donors (Lipinski definition) is 0. The highest BCUT2D eigenvalue weighted by Gasteiger charge is 2.29. The summed E-state index contributed by atoms with van der Waals surface area (Å²) >= 11 is 0. The van der Waals surface area contributed by atoms with Crippen LogP contribution >= 0.6 is 0 Å². The average Bonchev–Trinajstić information content (AvgIpc) is 1.91. The van der Waals surface area contributed by atoms with Crippen molar-refractivity contribution in [3.05, 3.63) is 11.5 Å². The van der Waals surface area contributed by atoms with E-state index in [1.807, 2.05) is 13.8 Å². The SMILES string of the molecule is CC1(C)CCCC/C1=C\[B-](F)(F)F. The van der Waals surface area contributed by atoms with Gasteiger partial charge in [-0.15, -0.1) is 5.98 Å². The minimum absolute atomic E-state index is 0.241. The summed E-state index contributed by atoms with van der Waals surface area (Å²) in [6, 6.07) is 0. The smallest absolute Gasteiger partial charge is 0.445 e. The highest BCUT2D eigenvalue weighted by atomic mass is 19.4. The van der Waals surface area contributed by atoms with Crippen LogP contribution in [0.5, 0.6) is 0 Å². The maximum atomic E-state index is 12.2. The molecular weight excluding hydrogens is 176 g/mol. The summed E-state index contributed by atoms with van der Waals surface area (Å²) in [7, 11) is 0. The lowest BCUT2D eigenvalue weighted by molar-refractivity contribution is 0.334. The zero-order chi connectivity index (χ0) is 10.1. The Bertz CT molecular complexity index is 215. The maximum Gasteiger partial charge on any atom is 0.502 e. The number of halogens is 3. The molecule has 0 aromatic heterocycles. The summed E-state index contributed by atoms with van der Waals surface area (Å²) in [5.41, 5.74) is 0.349. The van der Waals surface area contributed by atoms with Crippen LogP contribution in [0.4, 0.5) is 12.9 Å². The zero-order valence-electron chi connectivity index (χ0n) is 8.12. The highest BCUT2D eigenvalue weighted by Crippen LogP contribution is 2.40. The van der Waals surface area contributed by atoms with Gasteiger partial charge in [-0.2, -0.15) is 0 Å². The van der Waals surface area contributed by atoms with Crippen LogP contribution in [-0.2, 0) is 0 Å². The van der Waals surface area contributed by atoms with Crippen LogP contribution in [0.3, 0.4) is 0 Å². The van der Waals surface area contributed by atoms with Gasteiger partial charge in [-0.1, -0.05) is 25.8 Å². The Morgan fingerprint density at radius 1 is 1.23 bits per heavy atom. The molecule has 0 heterocycles. The molecule has 4 heteroatoms. The molecule has 0 atom stereocenters. The summed E-state index contributed by atoms with van der Waals surface area (Å²) in [5.74, 6) is 0.555. The van der Waals surface area contributed by atoms with E-state index in [0.717, 1.165) is 19.3 Å². The van der Waals surface area contributed by atoms with Gasteiger partial charge < -0.3 is 12.9 Å². The predicted molar refractivity (Wildman–Crippen MR) is 49.4 cm³/mol. The topological polar surface area (TPSA) is 0 Å². The number of rotatable bonds is 1. The Kier molecular flexibility index (Phi) is 2.78. The molecule has 1 aliphatic carbocycles. The van der Waals surface area contributed by atoms with Crippen LogP contribution in [0.2, 0.25) is 0 Å². The van der Waals surface area contributed by atoms with Crippen LogP contribution in [0.25, 0.3) is 0 Å². The van der Waals surface area contributed by atoms with Gasteiger partial charge in [-0.25, -0.2) is 0 Å². The Labute approximate surface area is 77.3 Å². The third-order valence-corrected chi connectivity index (χ3v) is 2.76. The Morgan fingerprint density at radius 3 is 2.31 bits per heavy atom. The Morgan fingerprint density at radius 2 is 1.85 bits per heavy atom. The van der Waals surface area contributed by atoms with Crippen molar-refractivity contribution in [3.63, 3.8) is 0 Å². The maximum absolute atomic E-state index is 12.2. The fourth-order valence-corrected chi connectivity index (χ4v) is 1.92. The summed E-state index contributed by atoms with van der Waals surface area (Å²) in [6.45, 7) is -0.950. The second-order valence-electron chi connectivity index (χ2n) is 4.41. The van der Waals surface area contributed by atoms with Crippen LogP contribution in [0, 0.1) is 5.41 Å². The number of allylic oxidation sites excluding steroid dienone is 1. The normalized spacial score (nSPS) is 26.4. The van der Waals surface area contributed by atoms with Gasteiger partial charge in [0.15, 0.2) is 0 Å². The minimum atomic E-state index is -4.75. The van der Waals surface area contributed by atoms with Gasteiger partial charge in [0.25, 0.3) is 0 Å². The predicted octanol–water partition coefficient (Wildman–Crippen LogP) is 3.90. The fourth-order valence-electron chi connectivity index (χ4n) is 1.92. The third kappa shape index (κ3) is 3.09. The van der Waals surface area contributed by atoms with Crippen LogP contribution in [-0.4, -0.2) is 6.98 Å². The molecule has 13 heavy (non-hydrogen) atoms. The summed E-state index contributed by atoms with van der Waals surface area (Å²) in [6.07, 6.45) is 3.45. The largest absolute Gasteiger partial charge is 0.502 e. The van der Waals surface area contributed by atoms with Crippen LogP contribution in [0.15, 0.2) is 11.5 Å². The van der Waals surface area contributed by atoms with Crippen LogP contribution in [0.1, 0.15) is 39.5 Å². The molecule has 0 radical (unpaired) electrons. The van der Waals surface area contributed by atoms with Crippen molar-refractivity contribution in [1.82, 2.24) is 0 Å². The molecule has 0 aromatic carbocycles. The van der Waals surface area contributed by atoms with E-state index in [4.69, 9.17) is 0 Å². The van der Waals surface area contributed by atoms with Crippen molar-refractivity contribution < 1.29 is 12.9 Å². The van der Waals surface area contributed by atoms with Gasteiger partial charge in [0.05, 0.1) is 0 Å². The monoisotopic (exact) mass is 191 g/mol. The van der Waals surface area contributed by atoms with Gasteiger partial charge in [-0.05, 0) is 24.7 Å². The lowest BCUT2D eigenvalue weighted by Gasteiger charge is -2.34. The quantitative estimate of drug-likeness (QED) is 0.551. The average molecular weight is 191 g/mol. The van der Waals surface area contributed by atoms with E-state index in [1.54, 1.807) is 0 Å². The molecule has 1 rings (SSSR count). The third-order valence-electron chi connectivity index (χ3n) is 2.76. The first kappa shape index (κ1) is 10.7. The van der Waals surface area contributed by atoms with Crippen molar-refractivity contribution in [1.29, 1.82) is 0 Å². The van der Waals surface area contributed by atoms with E-state index in [9.17, 15) is 12.9 Å². The molecule has 1 fully saturated rings. The molecule has 0 N–H and O–H groups in total. The summed E-state index contributed by atoms with van der Waals surface area (Å²) in [4.78, 5) is 0. The first-order valence-corrected chi connectivity index (χ1v) is 4.73. The fraction of sp³-hybridized carbons (Fsp3) is 0.778. The molecule has 0 amide bonds. The Balaban J connectivity index is 2.82. The lowest BCUT2D eigenvalue weighted by Crippen LogP contribution is -2.23. The lowest BCUT2D eigenvalue weighted by atomic mass is 9.69. The van der Waals surface area contributed by atoms with Crippen molar-refractivity contribution in [2.24, 2.45) is 5.41 Å². The minimum Gasteiger partial charge on any atom is -0.445 e. The molecule has 0 spiro atoms. The van der Waals surface area contributed by atoms with Gasteiger partial charge in [-0.3, -0.25) is 0 Å². The van der Waals surface area contributed by atoms with Crippen molar-refractivity contribution in [2.75, 3.05) is 0 Å². The van der Waals surface area contributed by atoms with Gasteiger partial charge in [0.2, 0.25) is 0 Å². The molecular formula is C9H15BF3-. The molecule has 0 unspecified atom stereocenters. The molecule has 0 aliphatic heterocycles. The highest BCUT2D eigenvalue weighted by molar-refractivity contribution is 6.64. The molecule has 0 saturated heterocycles. The Hall–Kier alpha value is -0.405.